The largest absolute Gasteiger partial charge is 0.541 e. The highest BCUT2D eigenvalue weighted by atomic mass is 28.4. The summed E-state index contributed by atoms with van der Waals surface area (Å²) in [6, 6.07) is 17.8. The Bertz CT molecular complexity index is 1070. The summed E-state index contributed by atoms with van der Waals surface area (Å²) in [5.41, 5.74) is 1.94. The first kappa shape index (κ1) is 36.3. The lowest BCUT2D eigenvalue weighted by Gasteiger charge is -2.37. The van der Waals surface area contributed by atoms with Gasteiger partial charge in [-0.15, -0.1) is 0 Å². The van der Waals surface area contributed by atoms with Gasteiger partial charge in [0.15, 0.2) is 11.6 Å². The number of benzene rings is 2. The maximum atomic E-state index is 13.9. The van der Waals surface area contributed by atoms with E-state index in [9.17, 15) is 9.59 Å². The molecule has 0 radical (unpaired) electrons. The van der Waals surface area contributed by atoms with Crippen molar-refractivity contribution in [1.29, 1.82) is 0 Å². The third-order valence-electron chi connectivity index (χ3n) is 9.56. The van der Waals surface area contributed by atoms with Crippen molar-refractivity contribution in [2.75, 3.05) is 0 Å². The molecule has 6 heteroatoms. The van der Waals surface area contributed by atoms with Crippen LogP contribution in [0, 0.1) is 0 Å². The van der Waals surface area contributed by atoms with Crippen LogP contribution in [0.25, 0.3) is 0 Å². The second-order valence-electron chi connectivity index (χ2n) is 13.2. The quantitative estimate of drug-likeness (QED) is 0.103. The molecular formula is C38H60O4Si2. The summed E-state index contributed by atoms with van der Waals surface area (Å²) in [5.74, 6) is 1.31. The van der Waals surface area contributed by atoms with Gasteiger partial charge in [0.1, 0.15) is 11.5 Å². The van der Waals surface area contributed by atoms with Crippen LogP contribution in [-0.4, -0.2) is 28.2 Å². The van der Waals surface area contributed by atoms with Crippen LogP contribution in [-0.2, 0) is 0 Å². The van der Waals surface area contributed by atoms with Crippen LogP contribution in [0.5, 0.6) is 11.5 Å². The molecule has 1 aliphatic rings. The number of ketones is 2. The summed E-state index contributed by atoms with van der Waals surface area (Å²) in [6.45, 7) is 13.6. The fourth-order valence-electron chi connectivity index (χ4n) is 6.78. The van der Waals surface area contributed by atoms with E-state index in [0.717, 1.165) is 125 Å². The van der Waals surface area contributed by atoms with Crippen LogP contribution in [0.2, 0.25) is 36.3 Å². The Morgan fingerprint density at radius 3 is 0.977 bits per heavy atom. The van der Waals surface area contributed by atoms with Gasteiger partial charge in [0, 0.05) is 22.3 Å². The second-order valence-corrected chi connectivity index (χ2v) is 21.4. The Morgan fingerprint density at radius 2 is 0.727 bits per heavy atom. The van der Waals surface area contributed by atoms with Crippen molar-refractivity contribution in [3.63, 3.8) is 0 Å². The molecule has 44 heavy (non-hydrogen) atoms. The third-order valence-corrected chi connectivity index (χ3v) is 18.5. The monoisotopic (exact) mass is 636 g/mol. The molecule has 0 aromatic heterocycles. The van der Waals surface area contributed by atoms with Crippen molar-refractivity contribution < 1.29 is 18.4 Å². The minimum Gasteiger partial charge on any atom is -0.541 e. The van der Waals surface area contributed by atoms with Gasteiger partial charge >= 0.3 is 0 Å². The lowest BCUT2D eigenvalue weighted by molar-refractivity contribution is 0.0978. The fourth-order valence-corrected chi connectivity index (χ4v) is 16.1. The molecule has 2 aromatic carbocycles. The van der Waals surface area contributed by atoms with Crippen molar-refractivity contribution in [2.45, 2.75) is 155 Å². The number of rotatable bonds is 22. The van der Waals surface area contributed by atoms with Gasteiger partial charge in [0.05, 0.1) is 0 Å². The average Bonchev–Trinajstić information content (AvgIpc) is 3.05. The first-order valence-electron chi connectivity index (χ1n) is 18.1. The highest BCUT2D eigenvalue weighted by Gasteiger charge is 2.41. The number of fused-ring (bicyclic) bond motifs is 2. The highest BCUT2D eigenvalue weighted by Crippen LogP contribution is 2.43. The molecule has 0 amide bonds. The molecule has 244 valence electrons. The summed E-state index contributed by atoms with van der Waals surface area (Å²) in [6.07, 6.45) is 13.8. The third kappa shape index (κ3) is 9.18. The number of hydrogen-bond donors (Lipinski definition) is 0. The van der Waals surface area contributed by atoms with Gasteiger partial charge in [-0.2, -0.15) is 0 Å². The van der Waals surface area contributed by atoms with E-state index in [1.54, 1.807) is 12.1 Å². The van der Waals surface area contributed by atoms with Crippen molar-refractivity contribution in [2.24, 2.45) is 0 Å². The molecule has 0 aliphatic heterocycles. The molecular weight excluding hydrogens is 577 g/mol. The maximum Gasteiger partial charge on any atom is 0.251 e. The summed E-state index contributed by atoms with van der Waals surface area (Å²) in [5, 5.41) is 0. The standard InChI is InChI=1S/C38H60O4Si2/c1-7-13-23-43(24-14-8-2,25-15-9-3)41-35-29-33-34(38(40)32-22-20-19-21-31(32)37(33)39)30-36(35)42-44(26-16-10-4,27-17-11-5)28-18-12-6/h19-22,29-30H,7-18,23-28H2,1-6H3. The Morgan fingerprint density at radius 1 is 0.455 bits per heavy atom. The Labute approximate surface area is 271 Å². The first-order chi connectivity index (χ1) is 21.3. The summed E-state index contributed by atoms with van der Waals surface area (Å²) in [7, 11) is -4.40. The molecule has 0 spiro atoms. The molecule has 0 bridgehead atoms. The summed E-state index contributed by atoms with van der Waals surface area (Å²) in [4.78, 5) is 27.8. The number of unbranched alkanes of at least 4 members (excludes halogenated alkanes) is 6. The lowest BCUT2D eigenvalue weighted by Crippen LogP contribution is -2.44. The van der Waals surface area contributed by atoms with Gasteiger partial charge in [-0.25, -0.2) is 0 Å². The van der Waals surface area contributed by atoms with Gasteiger partial charge < -0.3 is 8.85 Å². The van der Waals surface area contributed by atoms with E-state index in [-0.39, 0.29) is 11.6 Å². The van der Waals surface area contributed by atoms with Crippen molar-refractivity contribution in [3.05, 3.63) is 58.7 Å². The number of carbonyl (C=O) groups is 2. The Balaban J connectivity index is 2.23. The van der Waals surface area contributed by atoms with Crippen molar-refractivity contribution in [1.82, 2.24) is 0 Å². The molecule has 4 nitrogen and oxygen atoms in total. The normalized spacial score (nSPS) is 13.1. The number of carbonyl (C=O) groups excluding carboxylic acids is 2. The fraction of sp³-hybridized carbons (Fsp3) is 0.632. The van der Waals surface area contributed by atoms with Gasteiger partial charge in [0.2, 0.25) is 0 Å². The molecule has 0 fully saturated rings. The summed E-state index contributed by atoms with van der Waals surface area (Å²) >= 11 is 0. The smallest absolute Gasteiger partial charge is 0.251 e. The zero-order valence-electron chi connectivity index (χ0n) is 28.8. The highest BCUT2D eigenvalue weighted by molar-refractivity contribution is 6.75. The predicted octanol–water partition coefficient (Wildman–Crippen LogP) is 11.9. The van der Waals surface area contributed by atoms with Gasteiger partial charge in [-0.05, 0) is 48.4 Å². The maximum absolute atomic E-state index is 13.9. The van der Waals surface area contributed by atoms with E-state index in [1.807, 2.05) is 24.3 Å². The van der Waals surface area contributed by atoms with Crippen LogP contribution in [0.1, 0.15) is 150 Å². The molecule has 0 saturated carbocycles. The van der Waals surface area contributed by atoms with Gasteiger partial charge in [0.25, 0.3) is 16.6 Å². The van der Waals surface area contributed by atoms with Crippen LogP contribution in [0.15, 0.2) is 36.4 Å². The van der Waals surface area contributed by atoms with E-state index in [2.05, 4.69) is 41.5 Å². The van der Waals surface area contributed by atoms with Crippen LogP contribution >= 0.6 is 0 Å². The molecule has 0 unspecified atom stereocenters. The van der Waals surface area contributed by atoms with Gasteiger partial charge in [-0.1, -0.05) is 143 Å². The minimum absolute atomic E-state index is 0.0824. The molecule has 0 heterocycles. The summed E-state index contributed by atoms with van der Waals surface area (Å²) < 4.78 is 14.8. The SMILES string of the molecule is CCCC[Si](CCCC)(CCCC)Oc1cc2c(cc1O[Si](CCCC)(CCCC)CCCC)C(=O)c1ccccc1C2=O. The van der Waals surface area contributed by atoms with Crippen LogP contribution < -0.4 is 8.85 Å². The van der Waals surface area contributed by atoms with E-state index >= 15 is 0 Å². The Kier molecular flexibility index (Phi) is 14.9. The molecule has 2 aromatic rings. The lowest BCUT2D eigenvalue weighted by atomic mass is 9.84. The van der Waals surface area contributed by atoms with Gasteiger partial charge in [-0.3, -0.25) is 9.59 Å². The zero-order chi connectivity index (χ0) is 32.0. The molecule has 3 rings (SSSR count). The molecule has 1 aliphatic carbocycles. The van der Waals surface area contributed by atoms with Crippen molar-refractivity contribution >= 4 is 28.2 Å². The second kappa shape index (κ2) is 18.1. The molecule has 0 saturated heterocycles. The first-order valence-corrected chi connectivity index (χ1v) is 23.1. The zero-order valence-corrected chi connectivity index (χ0v) is 30.8. The van der Waals surface area contributed by atoms with Crippen molar-refractivity contribution in [3.8, 4) is 11.5 Å². The average molecular weight is 637 g/mol. The van der Waals surface area contributed by atoms with E-state index in [1.165, 1.54) is 0 Å². The van der Waals surface area contributed by atoms with E-state index in [4.69, 9.17) is 8.85 Å². The predicted molar refractivity (Wildman–Crippen MR) is 191 cm³/mol. The molecule has 0 N–H and O–H groups in total. The van der Waals surface area contributed by atoms with E-state index < -0.39 is 16.6 Å². The van der Waals surface area contributed by atoms with Crippen LogP contribution in [0.3, 0.4) is 0 Å². The van der Waals surface area contributed by atoms with Crippen LogP contribution in [0.4, 0.5) is 0 Å². The van der Waals surface area contributed by atoms with E-state index in [0.29, 0.717) is 22.3 Å². The molecule has 0 atom stereocenters. The number of hydrogen-bond acceptors (Lipinski definition) is 4. The Hall–Kier alpha value is -2.19. The minimum atomic E-state index is -2.20. The topological polar surface area (TPSA) is 52.6 Å².